The van der Waals surface area contributed by atoms with Crippen molar-refractivity contribution in [3.05, 3.63) is 29.8 Å². The van der Waals surface area contributed by atoms with Gasteiger partial charge in [0.2, 0.25) is 0 Å². The molecule has 16 heavy (non-hydrogen) atoms. The molecule has 0 radical (unpaired) electrons. The molecule has 0 aliphatic heterocycles. The summed E-state index contributed by atoms with van der Waals surface area (Å²) in [5.41, 5.74) is 0.192. The van der Waals surface area contributed by atoms with Crippen LogP contribution in [0.1, 0.15) is 30.3 Å². The summed E-state index contributed by atoms with van der Waals surface area (Å²) in [5.74, 6) is -0.796. The van der Waals surface area contributed by atoms with E-state index in [1.54, 1.807) is 0 Å². The maximum Gasteiger partial charge on any atom is 0.270 e. The Morgan fingerprint density at radius 3 is 2.94 bits per heavy atom. The average Bonchev–Trinajstić information content (AvgIpc) is 2.27. The van der Waals surface area contributed by atoms with Gasteiger partial charge in [-0.2, -0.15) is 0 Å². The summed E-state index contributed by atoms with van der Waals surface area (Å²) < 4.78 is 12.6. The second kappa shape index (κ2) is 6.17. The van der Waals surface area contributed by atoms with E-state index in [4.69, 9.17) is 5.11 Å². The van der Waals surface area contributed by atoms with Gasteiger partial charge in [0.15, 0.2) is 0 Å². The lowest BCUT2D eigenvalue weighted by atomic mass is 10.2. The Labute approximate surface area is 93.5 Å². The van der Waals surface area contributed by atoms with E-state index in [2.05, 4.69) is 10.3 Å². The molecule has 2 N–H and O–H groups in total. The number of aliphatic hydroxyl groups is 1. The van der Waals surface area contributed by atoms with Gasteiger partial charge in [0.1, 0.15) is 11.5 Å². The lowest BCUT2D eigenvalue weighted by Gasteiger charge is -2.12. The molecule has 0 saturated heterocycles. The van der Waals surface area contributed by atoms with Gasteiger partial charge >= 0.3 is 0 Å². The van der Waals surface area contributed by atoms with Crippen molar-refractivity contribution in [1.82, 2.24) is 10.3 Å². The second-order valence-electron chi connectivity index (χ2n) is 3.60. The van der Waals surface area contributed by atoms with Gasteiger partial charge in [-0.1, -0.05) is 0 Å². The van der Waals surface area contributed by atoms with Crippen LogP contribution in [0.5, 0.6) is 0 Å². The Hall–Kier alpha value is -1.49. The fourth-order valence-electron chi connectivity index (χ4n) is 1.28. The molecular formula is C11H15FN2O2. The molecule has 88 valence electrons. The fourth-order valence-corrected chi connectivity index (χ4v) is 1.28. The Bertz CT molecular complexity index is 340. The van der Waals surface area contributed by atoms with Gasteiger partial charge in [-0.25, -0.2) is 9.37 Å². The quantitative estimate of drug-likeness (QED) is 0.790. The van der Waals surface area contributed by atoms with E-state index in [0.29, 0.717) is 12.8 Å². The maximum atomic E-state index is 12.6. The van der Waals surface area contributed by atoms with Crippen LogP contribution >= 0.6 is 0 Å². The van der Waals surface area contributed by atoms with Gasteiger partial charge in [-0.3, -0.25) is 4.79 Å². The number of carbonyl (C=O) groups is 1. The first-order valence-electron chi connectivity index (χ1n) is 5.16. The highest BCUT2D eigenvalue weighted by atomic mass is 19.1. The molecule has 1 heterocycles. The summed E-state index contributed by atoms with van der Waals surface area (Å²) in [5, 5.41) is 11.3. The van der Waals surface area contributed by atoms with Crippen molar-refractivity contribution >= 4 is 5.91 Å². The van der Waals surface area contributed by atoms with E-state index in [-0.39, 0.29) is 24.2 Å². The SMILES string of the molecule is CC(CCCO)NC(=O)c1ccc(F)cn1. The minimum Gasteiger partial charge on any atom is -0.396 e. The molecule has 0 aromatic carbocycles. The van der Waals surface area contributed by atoms with E-state index in [1.165, 1.54) is 12.1 Å². The first-order valence-corrected chi connectivity index (χ1v) is 5.16. The predicted octanol–water partition coefficient (Wildman–Crippen LogP) is 1.11. The number of nitrogens with zero attached hydrogens (tertiary/aromatic N) is 1. The smallest absolute Gasteiger partial charge is 0.270 e. The molecule has 0 aliphatic carbocycles. The first kappa shape index (κ1) is 12.6. The zero-order valence-electron chi connectivity index (χ0n) is 9.11. The molecule has 1 amide bonds. The van der Waals surface area contributed by atoms with Gasteiger partial charge in [0.25, 0.3) is 5.91 Å². The molecule has 1 rings (SSSR count). The molecule has 5 heteroatoms. The Kier molecular flexibility index (Phi) is 4.85. The Morgan fingerprint density at radius 2 is 2.38 bits per heavy atom. The molecule has 1 aromatic rings. The van der Waals surface area contributed by atoms with E-state index >= 15 is 0 Å². The van der Waals surface area contributed by atoms with E-state index in [1.807, 2.05) is 6.92 Å². The maximum absolute atomic E-state index is 12.6. The number of carbonyl (C=O) groups excluding carboxylic acids is 1. The van der Waals surface area contributed by atoms with Gasteiger partial charge in [0.05, 0.1) is 6.20 Å². The number of nitrogens with one attached hydrogen (secondary N) is 1. The lowest BCUT2D eigenvalue weighted by molar-refractivity contribution is 0.0931. The third-order valence-corrected chi connectivity index (χ3v) is 2.13. The van der Waals surface area contributed by atoms with Crippen LogP contribution in [-0.4, -0.2) is 28.6 Å². The highest BCUT2D eigenvalue weighted by Gasteiger charge is 2.10. The van der Waals surface area contributed by atoms with E-state index < -0.39 is 5.82 Å². The van der Waals surface area contributed by atoms with Gasteiger partial charge in [-0.15, -0.1) is 0 Å². The summed E-state index contributed by atoms with van der Waals surface area (Å²) in [6, 6.07) is 2.50. The number of aliphatic hydroxyl groups excluding tert-OH is 1. The minimum absolute atomic E-state index is 0.0356. The molecular weight excluding hydrogens is 211 g/mol. The topological polar surface area (TPSA) is 62.2 Å². The van der Waals surface area contributed by atoms with Gasteiger partial charge < -0.3 is 10.4 Å². The van der Waals surface area contributed by atoms with Crippen LogP contribution in [0.25, 0.3) is 0 Å². The first-order chi connectivity index (χ1) is 7.63. The number of rotatable bonds is 5. The number of halogens is 1. The van der Waals surface area contributed by atoms with Crippen molar-refractivity contribution in [3.63, 3.8) is 0 Å². The normalized spacial score (nSPS) is 12.2. The third-order valence-electron chi connectivity index (χ3n) is 2.13. The summed E-state index contributed by atoms with van der Waals surface area (Å²) in [7, 11) is 0. The second-order valence-corrected chi connectivity index (χ2v) is 3.60. The molecule has 0 aliphatic rings. The molecule has 0 spiro atoms. The lowest BCUT2D eigenvalue weighted by Crippen LogP contribution is -2.33. The van der Waals surface area contributed by atoms with Crippen LogP contribution in [0, 0.1) is 5.82 Å². The molecule has 4 nitrogen and oxygen atoms in total. The number of aromatic nitrogens is 1. The molecule has 1 atom stereocenters. The van der Waals surface area contributed by atoms with Crippen molar-refractivity contribution in [3.8, 4) is 0 Å². The summed E-state index contributed by atoms with van der Waals surface area (Å²) in [6.07, 6.45) is 2.34. The van der Waals surface area contributed by atoms with Gasteiger partial charge in [0, 0.05) is 12.6 Å². The van der Waals surface area contributed by atoms with E-state index in [0.717, 1.165) is 6.20 Å². The summed E-state index contributed by atoms with van der Waals surface area (Å²) in [6.45, 7) is 1.95. The zero-order chi connectivity index (χ0) is 12.0. The number of pyridine rings is 1. The van der Waals surface area contributed by atoms with Crippen LogP contribution in [0.2, 0.25) is 0 Å². The Balaban J connectivity index is 2.48. The molecule has 0 fully saturated rings. The molecule has 0 saturated carbocycles. The fraction of sp³-hybridized carbons (Fsp3) is 0.455. The number of hydrogen-bond donors (Lipinski definition) is 2. The summed E-state index contributed by atoms with van der Waals surface area (Å²) in [4.78, 5) is 15.2. The monoisotopic (exact) mass is 226 g/mol. The Morgan fingerprint density at radius 1 is 1.62 bits per heavy atom. The van der Waals surface area contributed by atoms with Crippen LogP contribution in [0.15, 0.2) is 18.3 Å². The van der Waals surface area contributed by atoms with Crippen LogP contribution < -0.4 is 5.32 Å². The van der Waals surface area contributed by atoms with E-state index in [9.17, 15) is 9.18 Å². The van der Waals surface area contributed by atoms with Crippen molar-refractivity contribution < 1.29 is 14.3 Å². The van der Waals surface area contributed by atoms with Crippen molar-refractivity contribution in [1.29, 1.82) is 0 Å². The minimum atomic E-state index is -0.468. The van der Waals surface area contributed by atoms with Crippen molar-refractivity contribution in [2.75, 3.05) is 6.61 Å². The van der Waals surface area contributed by atoms with Crippen LogP contribution in [-0.2, 0) is 0 Å². The highest BCUT2D eigenvalue weighted by molar-refractivity contribution is 5.92. The predicted molar refractivity (Wildman–Crippen MR) is 57.4 cm³/mol. The number of amides is 1. The van der Waals surface area contributed by atoms with Gasteiger partial charge in [-0.05, 0) is 31.9 Å². The third kappa shape index (κ3) is 3.94. The molecule has 1 unspecified atom stereocenters. The van der Waals surface area contributed by atoms with Crippen LogP contribution in [0.4, 0.5) is 4.39 Å². The molecule has 1 aromatic heterocycles. The zero-order valence-corrected chi connectivity index (χ0v) is 9.11. The standard InChI is InChI=1S/C11H15FN2O2/c1-8(3-2-6-15)14-11(16)10-5-4-9(12)7-13-10/h4-5,7-8,15H,2-3,6H2,1H3,(H,14,16). The van der Waals surface area contributed by atoms with Crippen LogP contribution in [0.3, 0.4) is 0 Å². The average molecular weight is 226 g/mol. The summed E-state index contributed by atoms with van der Waals surface area (Å²) >= 11 is 0. The molecule has 0 bridgehead atoms. The largest absolute Gasteiger partial charge is 0.396 e. The van der Waals surface area contributed by atoms with Crippen molar-refractivity contribution in [2.45, 2.75) is 25.8 Å². The highest BCUT2D eigenvalue weighted by Crippen LogP contribution is 2.00. The number of hydrogen-bond acceptors (Lipinski definition) is 3. The van der Waals surface area contributed by atoms with Crippen molar-refractivity contribution in [2.24, 2.45) is 0 Å².